The Labute approximate surface area is 114 Å². The Morgan fingerprint density at radius 3 is 2.28 bits per heavy atom. The molecule has 1 aromatic rings. The van der Waals surface area contributed by atoms with Gasteiger partial charge in [0.05, 0.1) is 11.2 Å². The van der Waals surface area contributed by atoms with Crippen molar-refractivity contribution >= 4 is 24.8 Å². The molecule has 0 bridgehead atoms. The molecule has 1 fully saturated rings. The summed E-state index contributed by atoms with van der Waals surface area (Å²) < 4.78 is 11.7. The van der Waals surface area contributed by atoms with E-state index in [2.05, 4.69) is 0 Å². The van der Waals surface area contributed by atoms with E-state index in [0.29, 0.717) is 0 Å². The maximum Gasteiger partial charge on any atom is 0.487 e. The average molecular weight is 265 g/mol. The molecule has 1 heterocycles. The van der Waals surface area contributed by atoms with Crippen molar-refractivity contribution in [2.75, 3.05) is 0 Å². The zero-order valence-electron chi connectivity index (χ0n) is 11.2. The van der Waals surface area contributed by atoms with E-state index in [1.807, 2.05) is 64.0 Å². The van der Waals surface area contributed by atoms with E-state index in [4.69, 9.17) is 20.9 Å². The van der Waals surface area contributed by atoms with Crippen LogP contribution >= 0.6 is 11.6 Å². The van der Waals surface area contributed by atoms with Crippen LogP contribution in [0.15, 0.2) is 30.2 Å². The molecule has 0 aromatic heterocycles. The van der Waals surface area contributed by atoms with Gasteiger partial charge in [-0.05, 0) is 45.4 Å². The largest absolute Gasteiger partial charge is 0.487 e. The van der Waals surface area contributed by atoms with Gasteiger partial charge < -0.3 is 9.31 Å². The fourth-order valence-electron chi connectivity index (χ4n) is 1.77. The van der Waals surface area contributed by atoms with Gasteiger partial charge in [0.25, 0.3) is 0 Å². The summed E-state index contributed by atoms with van der Waals surface area (Å²) in [5.74, 6) is 1.92. The van der Waals surface area contributed by atoms with Crippen molar-refractivity contribution in [3.63, 3.8) is 0 Å². The minimum Gasteiger partial charge on any atom is -0.400 e. The molecule has 0 unspecified atom stereocenters. The van der Waals surface area contributed by atoms with Crippen molar-refractivity contribution < 1.29 is 9.31 Å². The van der Waals surface area contributed by atoms with E-state index in [0.717, 1.165) is 10.6 Å². The van der Waals surface area contributed by atoms with E-state index < -0.39 is 0 Å². The zero-order valence-corrected chi connectivity index (χ0v) is 12.0. The standard InChI is InChI=1S/C14H18BClO2/c1-13(2)14(3,4)18-15(17-13)9-8-11-6-5-7-12(16)10-11/h5-10H,1-4H3. The monoisotopic (exact) mass is 264 g/mol. The summed E-state index contributed by atoms with van der Waals surface area (Å²) in [6, 6.07) is 7.68. The molecule has 0 spiro atoms. The van der Waals surface area contributed by atoms with E-state index in [1.165, 1.54) is 0 Å². The normalized spacial score (nSPS) is 21.7. The lowest BCUT2D eigenvalue weighted by atomic mass is 9.89. The van der Waals surface area contributed by atoms with Gasteiger partial charge in [-0.3, -0.25) is 0 Å². The molecule has 96 valence electrons. The number of rotatable bonds is 2. The maximum absolute atomic E-state index is 5.93. The molecule has 4 heteroatoms. The Bertz CT molecular complexity index is 453. The van der Waals surface area contributed by atoms with Gasteiger partial charge >= 0.3 is 7.12 Å². The van der Waals surface area contributed by atoms with Gasteiger partial charge in [-0.1, -0.05) is 35.8 Å². The first-order valence-electron chi connectivity index (χ1n) is 6.10. The van der Waals surface area contributed by atoms with Crippen LogP contribution in [0.5, 0.6) is 0 Å². The summed E-state index contributed by atoms with van der Waals surface area (Å²) in [6.45, 7) is 8.17. The maximum atomic E-state index is 5.93. The Hall–Kier alpha value is -0.765. The fraction of sp³-hybridized carbons (Fsp3) is 0.429. The number of halogens is 1. The van der Waals surface area contributed by atoms with Crippen LogP contribution in [0, 0.1) is 0 Å². The van der Waals surface area contributed by atoms with Crippen LogP contribution in [0.1, 0.15) is 33.3 Å². The van der Waals surface area contributed by atoms with Crippen LogP contribution in [-0.2, 0) is 9.31 Å². The Morgan fingerprint density at radius 1 is 1.11 bits per heavy atom. The lowest BCUT2D eigenvalue weighted by Gasteiger charge is -2.32. The zero-order chi connectivity index (χ0) is 13.4. The molecule has 1 saturated heterocycles. The Morgan fingerprint density at radius 2 is 1.72 bits per heavy atom. The first-order valence-corrected chi connectivity index (χ1v) is 6.47. The molecule has 0 amide bonds. The minimum atomic E-state index is -0.311. The summed E-state index contributed by atoms with van der Waals surface area (Å²) in [6.07, 6.45) is 1.97. The van der Waals surface area contributed by atoms with Crippen LogP contribution in [0.3, 0.4) is 0 Å². The predicted octanol–water partition coefficient (Wildman–Crippen LogP) is 3.98. The van der Waals surface area contributed by atoms with Crippen LogP contribution in [0.4, 0.5) is 0 Å². The molecule has 2 rings (SSSR count). The van der Waals surface area contributed by atoms with Crippen molar-refractivity contribution in [2.45, 2.75) is 38.9 Å². The molecule has 0 atom stereocenters. The topological polar surface area (TPSA) is 18.5 Å². The van der Waals surface area contributed by atoms with Gasteiger partial charge in [0, 0.05) is 5.02 Å². The van der Waals surface area contributed by atoms with Crippen molar-refractivity contribution in [1.29, 1.82) is 0 Å². The summed E-state index contributed by atoms with van der Waals surface area (Å²) in [7, 11) is -0.311. The minimum absolute atomic E-state index is 0.295. The highest BCUT2D eigenvalue weighted by Gasteiger charge is 2.49. The summed E-state index contributed by atoms with van der Waals surface area (Å²) in [5, 5.41) is 0.728. The summed E-state index contributed by atoms with van der Waals surface area (Å²) >= 11 is 5.93. The second-order valence-corrected chi connectivity index (χ2v) is 5.98. The van der Waals surface area contributed by atoms with Crippen molar-refractivity contribution in [3.05, 3.63) is 40.8 Å². The molecule has 0 radical (unpaired) electrons. The van der Waals surface area contributed by atoms with Gasteiger partial charge in [-0.2, -0.15) is 0 Å². The van der Waals surface area contributed by atoms with Crippen molar-refractivity contribution in [3.8, 4) is 0 Å². The van der Waals surface area contributed by atoms with Crippen molar-refractivity contribution in [1.82, 2.24) is 0 Å². The van der Waals surface area contributed by atoms with Gasteiger partial charge in [-0.25, -0.2) is 0 Å². The fourth-order valence-corrected chi connectivity index (χ4v) is 1.97. The average Bonchev–Trinajstić information content (AvgIpc) is 2.45. The molecular weight excluding hydrogens is 246 g/mol. The second kappa shape index (κ2) is 4.73. The van der Waals surface area contributed by atoms with Gasteiger partial charge in [0.1, 0.15) is 0 Å². The summed E-state index contributed by atoms with van der Waals surface area (Å²) in [5.41, 5.74) is 0.448. The number of hydrogen-bond acceptors (Lipinski definition) is 2. The highest BCUT2D eigenvalue weighted by Crippen LogP contribution is 2.37. The number of benzene rings is 1. The van der Waals surface area contributed by atoms with E-state index in [9.17, 15) is 0 Å². The Kier molecular flexibility index (Phi) is 3.59. The van der Waals surface area contributed by atoms with Gasteiger partial charge in [0.2, 0.25) is 0 Å². The van der Waals surface area contributed by atoms with E-state index in [-0.39, 0.29) is 18.3 Å². The lowest BCUT2D eigenvalue weighted by Crippen LogP contribution is -2.41. The first-order chi connectivity index (χ1) is 8.30. The van der Waals surface area contributed by atoms with Gasteiger partial charge in [-0.15, -0.1) is 0 Å². The smallest absolute Gasteiger partial charge is 0.400 e. The van der Waals surface area contributed by atoms with Crippen LogP contribution < -0.4 is 0 Å². The predicted molar refractivity (Wildman–Crippen MR) is 76.6 cm³/mol. The second-order valence-electron chi connectivity index (χ2n) is 5.54. The highest BCUT2D eigenvalue weighted by atomic mass is 35.5. The molecule has 0 saturated carbocycles. The molecule has 1 aromatic carbocycles. The molecule has 0 aliphatic carbocycles. The third-order valence-electron chi connectivity index (χ3n) is 3.57. The van der Waals surface area contributed by atoms with Crippen LogP contribution in [0.25, 0.3) is 6.08 Å². The highest BCUT2D eigenvalue weighted by molar-refractivity contribution is 6.52. The van der Waals surface area contributed by atoms with E-state index in [1.54, 1.807) is 0 Å². The first kappa shape index (κ1) is 13.7. The van der Waals surface area contributed by atoms with Gasteiger partial charge in [0.15, 0.2) is 0 Å². The van der Waals surface area contributed by atoms with Crippen LogP contribution in [0.2, 0.25) is 5.02 Å². The Balaban J connectivity index is 2.08. The molecule has 18 heavy (non-hydrogen) atoms. The van der Waals surface area contributed by atoms with E-state index >= 15 is 0 Å². The third-order valence-corrected chi connectivity index (χ3v) is 3.80. The molecule has 0 N–H and O–H groups in total. The molecule has 1 aliphatic rings. The summed E-state index contributed by atoms with van der Waals surface area (Å²) in [4.78, 5) is 0. The van der Waals surface area contributed by atoms with Crippen LogP contribution in [-0.4, -0.2) is 18.3 Å². The third kappa shape index (κ3) is 2.79. The quantitative estimate of drug-likeness (QED) is 0.752. The number of hydrogen-bond donors (Lipinski definition) is 0. The lowest BCUT2D eigenvalue weighted by molar-refractivity contribution is 0.00578. The molecule has 2 nitrogen and oxygen atoms in total. The van der Waals surface area contributed by atoms with Crippen molar-refractivity contribution in [2.24, 2.45) is 0 Å². The molecule has 1 aliphatic heterocycles. The SMILES string of the molecule is CC1(C)OB(C=Cc2cccc(Cl)c2)OC1(C)C. The molecular formula is C14H18BClO2.